The van der Waals surface area contributed by atoms with Gasteiger partial charge in [-0.1, -0.05) is 12.1 Å². The lowest BCUT2D eigenvalue weighted by Gasteiger charge is -1.88. The largest absolute Gasteiger partial charge is 0.464 e. The number of nitrogens with zero attached hydrogens (tertiary/aromatic N) is 2. The van der Waals surface area contributed by atoms with Gasteiger partial charge in [-0.2, -0.15) is 0 Å². The highest BCUT2D eigenvalue weighted by molar-refractivity contribution is 5.74. The predicted octanol–water partition coefficient (Wildman–Crippen LogP) is 3.47. The summed E-state index contributed by atoms with van der Waals surface area (Å²) in [7, 11) is 0. The van der Waals surface area contributed by atoms with Gasteiger partial charge in [-0.25, -0.2) is 0 Å². The second kappa shape index (κ2) is 6.23. The fraction of sp³-hybridized carbons (Fsp3) is 0. The third-order valence-corrected chi connectivity index (χ3v) is 2.03. The van der Waals surface area contributed by atoms with Crippen molar-refractivity contribution in [1.29, 1.82) is 0 Å². The van der Waals surface area contributed by atoms with Crippen molar-refractivity contribution in [2.45, 2.75) is 0 Å². The van der Waals surface area contributed by atoms with Gasteiger partial charge in [-0.3, -0.25) is 9.97 Å². The number of fused-ring (bicyclic) bond motifs is 1. The third kappa shape index (κ3) is 3.57. The zero-order chi connectivity index (χ0) is 11.8. The molecule has 1 aromatic carbocycles. The van der Waals surface area contributed by atoms with Crippen molar-refractivity contribution < 1.29 is 4.42 Å². The Kier molecular flexibility index (Phi) is 4.06. The molecule has 0 aliphatic heterocycles. The second-order valence-electron chi connectivity index (χ2n) is 3.24. The number of para-hydroxylation sites is 1. The summed E-state index contributed by atoms with van der Waals surface area (Å²) in [4.78, 5) is 8.16. The van der Waals surface area contributed by atoms with Crippen LogP contribution < -0.4 is 0 Å². The molecular weight excluding hydrogens is 212 g/mol. The zero-order valence-electron chi connectivity index (χ0n) is 9.23. The van der Waals surface area contributed by atoms with Gasteiger partial charge in [0.1, 0.15) is 5.58 Å². The molecule has 2 rings (SSSR count). The lowest BCUT2D eigenvalue weighted by molar-refractivity contribution is 0.606. The molecule has 0 aliphatic carbocycles. The van der Waals surface area contributed by atoms with Crippen molar-refractivity contribution in [3.8, 4) is 0 Å². The minimum Gasteiger partial charge on any atom is -0.464 e. The van der Waals surface area contributed by atoms with Crippen LogP contribution in [0.1, 0.15) is 0 Å². The van der Waals surface area contributed by atoms with E-state index in [1.165, 1.54) is 0 Å². The number of hydrogen-bond acceptors (Lipinski definition) is 3. The Morgan fingerprint density at radius 3 is 2.59 bits per heavy atom. The molecule has 0 spiro atoms. The van der Waals surface area contributed by atoms with Crippen molar-refractivity contribution >= 4 is 11.0 Å². The zero-order valence-corrected chi connectivity index (χ0v) is 9.23. The van der Waals surface area contributed by atoms with Crippen LogP contribution in [0.3, 0.4) is 0 Å². The van der Waals surface area contributed by atoms with Gasteiger partial charge in [-0.05, 0) is 30.3 Å². The van der Waals surface area contributed by atoms with Gasteiger partial charge < -0.3 is 4.42 Å². The summed E-state index contributed by atoms with van der Waals surface area (Å²) in [6.45, 7) is 0. The SMILES string of the molecule is c1ccoc2ccccc2cncccnc1. The molecule has 17 heavy (non-hydrogen) atoms. The van der Waals surface area contributed by atoms with Crippen molar-refractivity contribution in [1.82, 2.24) is 9.97 Å². The van der Waals surface area contributed by atoms with Gasteiger partial charge in [0, 0.05) is 30.2 Å². The molecule has 0 aliphatic rings. The maximum atomic E-state index is 5.50. The summed E-state index contributed by atoms with van der Waals surface area (Å²) in [5.74, 6) is 0. The van der Waals surface area contributed by atoms with Crippen molar-refractivity contribution in [3.05, 3.63) is 73.5 Å². The first-order valence-corrected chi connectivity index (χ1v) is 5.26. The van der Waals surface area contributed by atoms with E-state index in [9.17, 15) is 0 Å². The molecule has 0 bridgehead atoms. The van der Waals surface area contributed by atoms with Gasteiger partial charge in [0.25, 0.3) is 0 Å². The van der Waals surface area contributed by atoms with Crippen LogP contribution in [-0.2, 0) is 0 Å². The average Bonchev–Trinajstić information content (AvgIpc) is 2.38. The summed E-state index contributed by atoms with van der Waals surface area (Å²) in [6, 6.07) is 13.1. The van der Waals surface area contributed by atoms with E-state index in [0.717, 1.165) is 11.0 Å². The molecule has 0 unspecified atom stereocenters. The molecular formula is C14H12N2O. The Labute approximate surface area is 99.4 Å². The Morgan fingerprint density at radius 1 is 0.765 bits per heavy atom. The van der Waals surface area contributed by atoms with Gasteiger partial charge in [-0.15, -0.1) is 0 Å². The van der Waals surface area contributed by atoms with Gasteiger partial charge in [0.2, 0.25) is 0 Å². The molecule has 1 heterocycles. The topological polar surface area (TPSA) is 38.9 Å². The van der Waals surface area contributed by atoms with E-state index in [1.807, 2.05) is 24.3 Å². The van der Waals surface area contributed by atoms with Crippen LogP contribution >= 0.6 is 0 Å². The van der Waals surface area contributed by atoms with Crippen molar-refractivity contribution in [2.24, 2.45) is 0 Å². The summed E-state index contributed by atoms with van der Waals surface area (Å²) >= 11 is 0. The lowest BCUT2D eigenvalue weighted by atomic mass is 10.3. The van der Waals surface area contributed by atoms with Gasteiger partial charge >= 0.3 is 0 Å². The average molecular weight is 224 g/mol. The maximum Gasteiger partial charge on any atom is 0.135 e. The molecule has 3 nitrogen and oxygen atoms in total. The van der Waals surface area contributed by atoms with Crippen LogP contribution in [0, 0.1) is 0 Å². The molecule has 2 aromatic rings. The predicted molar refractivity (Wildman–Crippen MR) is 67.1 cm³/mol. The lowest BCUT2D eigenvalue weighted by Crippen LogP contribution is -1.67. The fourth-order valence-corrected chi connectivity index (χ4v) is 1.26. The monoisotopic (exact) mass is 224 g/mol. The van der Waals surface area contributed by atoms with E-state index in [2.05, 4.69) is 9.97 Å². The van der Waals surface area contributed by atoms with Crippen molar-refractivity contribution in [2.75, 3.05) is 0 Å². The molecule has 0 atom stereocenters. The maximum absolute atomic E-state index is 5.50. The number of benzene rings is 1. The molecule has 0 fully saturated rings. The first-order valence-electron chi connectivity index (χ1n) is 5.26. The first kappa shape index (κ1) is 11.1. The normalized spacial score (nSPS) is 9.18. The molecule has 3 heteroatoms. The van der Waals surface area contributed by atoms with E-state index < -0.39 is 0 Å². The number of rotatable bonds is 0. The Bertz CT molecular complexity index is 539. The third-order valence-electron chi connectivity index (χ3n) is 2.03. The number of hydrogen-bond donors (Lipinski definition) is 0. The Balaban J connectivity index is 2.67. The smallest absolute Gasteiger partial charge is 0.135 e. The highest BCUT2D eigenvalue weighted by Gasteiger charge is 1.86. The van der Waals surface area contributed by atoms with Crippen LogP contribution in [0.4, 0.5) is 0 Å². The molecule has 0 radical (unpaired) electrons. The van der Waals surface area contributed by atoms with E-state index in [0.29, 0.717) is 0 Å². The van der Waals surface area contributed by atoms with Crippen LogP contribution in [0.2, 0.25) is 0 Å². The van der Waals surface area contributed by atoms with E-state index in [1.54, 1.807) is 49.2 Å². The minimum absolute atomic E-state index is 0.773. The molecule has 84 valence electrons. The standard InChI is InChI=1S/C14H12N2O/c1-2-7-14-13(6-1)12-16-10-5-9-15-8-3-4-11-17-14/h1-12H. The minimum atomic E-state index is 0.773. The Hall–Kier alpha value is -2.42. The molecule has 0 saturated carbocycles. The fourth-order valence-electron chi connectivity index (χ4n) is 1.26. The van der Waals surface area contributed by atoms with E-state index in [4.69, 9.17) is 4.42 Å². The van der Waals surface area contributed by atoms with Crippen LogP contribution in [0.25, 0.3) is 11.0 Å². The Morgan fingerprint density at radius 2 is 1.59 bits per heavy atom. The van der Waals surface area contributed by atoms with E-state index in [-0.39, 0.29) is 0 Å². The van der Waals surface area contributed by atoms with Crippen LogP contribution in [0.5, 0.6) is 0 Å². The molecule has 0 N–H and O–H groups in total. The summed E-state index contributed by atoms with van der Waals surface area (Å²) < 4.78 is 5.50. The molecule has 0 saturated heterocycles. The molecule has 0 amide bonds. The quantitative estimate of drug-likeness (QED) is 0.687. The second-order valence-corrected chi connectivity index (χ2v) is 3.24. The van der Waals surface area contributed by atoms with Crippen molar-refractivity contribution in [3.63, 3.8) is 0 Å². The van der Waals surface area contributed by atoms with Gasteiger partial charge in [0.05, 0.1) is 6.26 Å². The summed E-state index contributed by atoms with van der Waals surface area (Å²) in [6.07, 6.45) is 8.40. The highest BCUT2D eigenvalue weighted by atomic mass is 16.3. The van der Waals surface area contributed by atoms with E-state index >= 15 is 0 Å². The highest BCUT2D eigenvalue weighted by Crippen LogP contribution is 2.07. The van der Waals surface area contributed by atoms with Crippen LogP contribution in [-0.4, -0.2) is 9.97 Å². The first-order chi connectivity index (χ1) is 8.47. The molecule has 1 aromatic heterocycles. The summed E-state index contributed by atoms with van der Waals surface area (Å²) in [5.41, 5.74) is 0.773. The summed E-state index contributed by atoms with van der Waals surface area (Å²) in [5, 5.41) is 0.932. The number of aromatic nitrogens is 2. The van der Waals surface area contributed by atoms with Crippen LogP contribution in [0.15, 0.2) is 77.9 Å². The van der Waals surface area contributed by atoms with Gasteiger partial charge in [0.15, 0.2) is 0 Å².